The highest BCUT2D eigenvalue weighted by atomic mass is 28.4. The molecule has 2 amide bonds. The number of aromatic hydroxyl groups is 1. The van der Waals surface area contributed by atoms with Crippen LogP contribution in [0.5, 0.6) is 5.75 Å². The molecule has 51 heavy (non-hydrogen) atoms. The molecule has 0 unspecified atom stereocenters. The number of fused-ring (bicyclic) bond motifs is 3. The lowest BCUT2D eigenvalue weighted by atomic mass is 9.58. The van der Waals surface area contributed by atoms with Gasteiger partial charge in [-0.05, 0) is 107 Å². The van der Waals surface area contributed by atoms with E-state index in [1.54, 1.807) is 7.05 Å². The molecule has 2 aliphatic heterocycles. The van der Waals surface area contributed by atoms with Gasteiger partial charge in [0.15, 0.2) is 0 Å². The van der Waals surface area contributed by atoms with Crippen LogP contribution in [-0.2, 0) is 18.7 Å². The van der Waals surface area contributed by atoms with Crippen molar-refractivity contribution in [1.82, 2.24) is 4.90 Å². The van der Waals surface area contributed by atoms with Crippen molar-refractivity contribution in [2.75, 3.05) is 13.7 Å². The average Bonchev–Trinajstić information content (AvgIpc) is 3.32. The van der Waals surface area contributed by atoms with E-state index >= 15 is 0 Å². The van der Waals surface area contributed by atoms with Gasteiger partial charge in [0.2, 0.25) is 11.8 Å². The Morgan fingerprint density at radius 1 is 0.980 bits per heavy atom. The Kier molecular flexibility index (Phi) is 10.7. The van der Waals surface area contributed by atoms with E-state index in [0.717, 1.165) is 40.7 Å². The van der Waals surface area contributed by atoms with Crippen LogP contribution >= 0.6 is 0 Å². The molecule has 2 N–H and O–H groups in total. The van der Waals surface area contributed by atoms with Crippen LogP contribution in [0.1, 0.15) is 70.1 Å². The highest BCUT2D eigenvalue weighted by Gasteiger charge is 2.57. The number of benzene rings is 3. The molecule has 2 heterocycles. The van der Waals surface area contributed by atoms with Crippen LogP contribution in [0.2, 0.25) is 11.4 Å². The molecule has 6 rings (SSSR count). The molecule has 3 aliphatic rings. The number of carbonyl (C=O) groups is 2. The van der Waals surface area contributed by atoms with Gasteiger partial charge < -0.3 is 19.2 Å². The standard InChI is InChI=1S/C42H52BNO6Si/c1-8-29(23-30-21-27(2)39(45)28(3)22-30)19-20-36-37-31(24-34-38(35(37)25-43(48)50-36)41(47)44(7)40(34)46)26-49-51(42(4,5)6,32-15-11-9-12-16-32)33-17-13-10-14-18-33/h9-18,21-23,34-36,38,45,48H,8,19-20,24-26H2,1-7H3/b29-23+/t34-,35+,36-,38-/m1/s1. The Hall–Kier alpha value is -3.76. The van der Waals surface area contributed by atoms with Gasteiger partial charge in [-0.15, -0.1) is 0 Å². The Bertz CT molecular complexity index is 1770. The number of amides is 2. The number of likely N-dealkylation sites (tertiary alicyclic amines) is 1. The number of imide groups is 1. The van der Waals surface area contributed by atoms with Gasteiger partial charge in [0.05, 0.1) is 24.5 Å². The summed E-state index contributed by atoms with van der Waals surface area (Å²) in [5.41, 5.74) is 6.00. The predicted molar refractivity (Wildman–Crippen MR) is 206 cm³/mol. The second-order valence-corrected chi connectivity index (χ2v) is 20.0. The lowest BCUT2D eigenvalue weighted by molar-refractivity contribution is -0.138. The second-order valence-electron chi connectivity index (χ2n) is 15.7. The van der Waals surface area contributed by atoms with Gasteiger partial charge in [-0.1, -0.05) is 100 Å². The van der Waals surface area contributed by atoms with Crippen LogP contribution in [0.3, 0.4) is 0 Å². The number of phenols is 1. The molecular formula is C42H52BNO6Si. The van der Waals surface area contributed by atoms with Gasteiger partial charge in [0.1, 0.15) is 5.75 Å². The van der Waals surface area contributed by atoms with Crippen molar-refractivity contribution in [1.29, 1.82) is 0 Å². The number of phenolic OH excluding ortho intramolecular Hbond substituents is 1. The number of aryl methyl sites for hydroxylation is 2. The van der Waals surface area contributed by atoms with E-state index in [1.807, 2.05) is 38.1 Å². The fourth-order valence-electron chi connectivity index (χ4n) is 8.99. The van der Waals surface area contributed by atoms with Crippen molar-refractivity contribution >= 4 is 43.7 Å². The van der Waals surface area contributed by atoms with Gasteiger partial charge in [0, 0.05) is 7.05 Å². The molecule has 3 aromatic carbocycles. The molecule has 3 aromatic rings. The van der Waals surface area contributed by atoms with Crippen LogP contribution in [0.15, 0.2) is 89.5 Å². The number of hydrogen-bond acceptors (Lipinski definition) is 6. The first-order chi connectivity index (χ1) is 24.3. The SMILES string of the molecule is CC/C(=C\c1cc(C)c(O)c(C)c1)CC[C@H]1OB(O)C[C@H]2C1=C(CO[Si](c1ccccc1)(c1ccccc1)C(C)(C)C)C[C@H]1C(=O)N(C)C(=O)[C@H]12. The van der Waals surface area contributed by atoms with Gasteiger partial charge in [-0.3, -0.25) is 14.5 Å². The first-order valence-electron chi connectivity index (χ1n) is 18.4. The summed E-state index contributed by atoms with van der Waals surface area (Å²) in [5, 5.41) is 23.6. The third-order valence-electron chi connectivity index (χ3n) is 11.5. The lowest BCUT2D eigenvalue weighted by Gasteiger charge is -2.46. The van der Waals surface area contributed by atoms with Crippen LogP contribution in [0, 0.1) is 31.6 Å². The number of hydrogen-bond donors (Lipinski definition) is 2. The monoisotopic (exact) mass is 705 g/mol. The normalized spacial score (nSPS) is 22.8. The molecule has 0 spiro atoms. The molecule has 7 nitrogen and oxygen atoms in total. The van der Waals surface area contributed by atoms with E-state index in [1.165, 1.54) is 20.8 Å². The van der Waals surface area contributed by atoms with E-state index in [2.05, 4.69) is 82.3 Å². The predicted octanol–water partition coefficient (Wildman–Crippen LogP) is 6.59. The van der Waals surface area contributed by atoms with E-state index in [-0.39, 0.29) is 29.1 Å². The first-order valence-corrected chi connectivity index (χ1v) is 20.3. The van der Waals surface area contributed by atoms with E-state index in [0.29, 0.717) is 25.2 Å². The summed E-state index contributed by atoms with van der Waals surface area (Å²) < 4.78 is 13.8. The van der Waals surface area contributed by atoms with E-state index < -0.39 is 33.4 Å². The van der Waals surface area contributed by atoms with E-state index in [4.69, 9.17) is 9.08 Å². The minimum Gasteiger partial charge on any atom is -0.507 e. The molecule has 0 bridgehead atoms. The minimum absolute atomic E-state index is 0.153. The van der Waals surface area contributed by atoms with Crippen LogP contribution in [0.25, 0.3) is 6.08 Å². The summed E-state index contributed by atoms with van der Waals surface area (Å²) in [6.07, 6.45) is 4.65. The summed E-state index contributed by atoms with van der Waals surface area (Å²) in [5.74, 6) is -1.30. The molecular weight excluding hydrogens is 653 g/mol. The van der Waals surface area contributed by atoms with E-state index in [9.17, 15) is 19.7 Å². The summed E-state index contributed by atoms with van der Waals surface area (Å²) in [7, 11) is -2.37. The Morgan fingerprint density at radius 3 is 2.12 bits per heavy atom. The number of carbonyl (C=O) groups excluding carboxylic acids is 2. The molecule has 268 valence electrons. The first kappa shape index (κ1) is 37.0. The molecule has 4 atom stereocenters. The highest BCUT2D eigenvalue weighted by molar-refractivity contribution is 6.99. The molecule has 0 aromatic heterocycles. The molecule has 1 aliphatic carbocycles. The van der Waals surface area contributed by atoms with Crippen molar-refractivity contribution in [3.05, 3.63) is 106 Å². The molecule has 0 saturated carbocycles. The average molecular weight is 706 g/mol. The van der Waals surface area contributed by atoms with Gasteiger partial charge in [-0.25, -0.2) is 0 Å². The quantitative estimate of drug-likeness (QED) is 0.141. The van der Waals surface area contributed by atoms with Gasteiger partial charge in [0.25, 0.3) is 8.32 Å². The van der Waals surface area contributed by atoms with Crippen molar-refractivity contribution < 1.29 is 28.8 Å². The summed E-state index contributed by atoms with van der Waals surface area (Å²) in [6.45, 7) is 13.0. The maximum atomic E-state index is 13.6. The summed E-state index contributed by atoms with van der Waals surface area (Å²) in [6, 6.07) is 25.1. The lowest BCUT2D eigenvalue weighted by Crippen LogP contribution is -2.66. The van der Waals surface area contributed by atoms with Crippen LogP contribution in [0.4, 0.5) is 0 Å². The fraction of sp³-hybridized carbons (Fsp3) is 0.429. The fourth-order valence-corrected chi connectivity index (χ4v) is 13.5. The van der Waals surface area contributed by atoms with Crippen molar-refractivity contribution in [2.45, 2.75) is 84.7 Å². The number of allylic oxidation sites excluding steroid dienone is 1. The van der Waals surface area contributed by atoms with Crippen molar-refractivity contribution in [2.24, 2.45) is 17.8 Å². The van der Waals surface area contributed by atoms with Crippen molar-refractivity contribution in [3.63, 3.8) is 0 Å². The number of rotatable bonds is 10. The highest BCUT2D eigenvalue weighted by Crippen LogP contribution is 2.51. The molecule has 0 radical (unpaired) electrons. The zero-order chi connectivity index (χ0) is 36.7. The topological polar surface area (TPSA) is 96.3 Å². The third-order valence-corrected chi connectivity index (χ3v) is 16.5. The molecule has 2 saturated heterocycles. The van der Waals surface area contributed by atoms with Crippen LogP contribution in [-0.4, -0.2) is 62.0 Å². The molecule has 2 fully saturated rings. The smallest absolute Gasteiger partial charge is 0.455 e. The maximum Gasteiger partial charge on any atom is 0.455 e. The Morgan fingerprint density at radius 2 is 1.57 bits per heavy atom. The largest absolute Gasteiger partial charge is 0.507 e. The maximum absolute atomic E-state index is 13.6. The van der Waals surface area contributed by atoms with Gasteiger partial charge >= 0.3 is 7.12 Å². The summed E-state index contributed by atoms with van der Waals surface area (Å²) in [4.78, 5) is 28.5. The summed E-state index contributed by atoms with van der Waals surface area (Å²) >= 11 is 0. The second kappa shape index (κ2) is 14.7. The minimum atomic E-state index is -2.92. The van der Waals surface area contributed by atoms with Crippen LogP contribution < -0.4 is 10.4 Å². The Labute approximate surface area is 304 Å². The van der Waals surface area contributed by atoms with Gasteiger partial charge in [-0.2, -0.15) is 0 Å². The zero-order valence-electron chi connectivity index (χ0n) is 31.1. The van der Waals surface area contributed by atoms with Crippen molar-refractivity contribution in [3.8, 4) is 5.75 Å². The molecule has 9 heteroatoms. The third kappa shape index (κ3) is 6.94. The Balaban J connectivity index is 1.41. The number of nitrogens with zero attached hydrogens (tertiary/aromatic N) is 1. The zero-order valence-corrected chi connectivity index (χ0v) is 32.1.